The number of nitrogens with zero attached hydrogens (tertiary/aromatic N) is 6. The predicted octanol–water partition coefficient (Wildman–Crippen LogP) is 1.68. The molecule has 0 atom stereocenters. The summed E-state index contributed by atoms with van der Waals surface area (Å²) in [7, 11) is 0. The summed E-state index contributed by atoms with van der Waals surface area (Å²) in [5.41, 5.74) is -0.0669. The van der Waals surface area contributed by atoms with Crippen molar-refractivity contribution in [3.8, 4) is 0 Å². The normalized spacial score (nSPS) is 17.4. The first-order valence-electron chi connectivity index (χ1n) is 8.39. The van der Waals surface area contributed by atoms with Crippen LogP contribution in [0.2, 0.25) is 0 Å². The van der Waals surface area contributed by atoms with E-state index in [9.17, 15) is 10.1 Å². The van der Waals surface area contributed by atoms with Gasteiger partial charge in [-0.2, -0.15) is 4.98 Å². The minimum atomic E-state index is -0.437. The van der Waals surface area contributed by atoms with Gasteiger partial charge in [-0.15, -0.1) is 0 Å². The fourth-order valence-electron chi connectivity index (χ4n) is 2.86. The molecule has 0 unspecified atom stereocenters. The number of piperazine rings is 1. The Morgan fingerprint density at radius 3 is 2.52 bits per heavy atom. The summed E-state index contributed by atoms with van der Waals surface area (Å²) in [5, 5.41) is 14.3. The van der Waals surface area contributed by atoms with Gasteiger partial charge < -0.3 is 15.1 Å². The van der Waals surface area contributed by atoms with E-state index in [0.29, 0.717) is 17.8 Å². The van der Waals surface area contributed by atoms with Crippen LogP contribution in [0, 0.1) is 10.1 Å². The van der Waals surface area contributed by atoms with E-state index in [-0.39, 0.29) is 5.69 Å². The first-order chi connectivity index (χ1) is 12.2. The number of aromatic nitrogens is 3. The number of hydrogen-bond donors (Lipinski definition) is 1. The van der Waals surface area contributed by atoms with Crippen molar-refractivity contribution < 1.29 is 4.92 Å². The molecule has 2 aromatic rings. The van der Waals surface area contributed by atoms with Crippen LogP contribution in [0.25, 0.3) is 0 Å². The second-order valence-corrected chi connectivity index (χ2v) is 6.24. The molecule has 1 saturated carbocycles. The first kappa shape index (κ1) is 15.6. The first-order valence-corrected chi connectivity index (χ1v) is 8.39. The minimum Gasteiger partial charge on any atom is -0.361 e. The van der Waals surface area contributed by atoms with Crippen molar-refractivity contribution in [2.24, 2.45) is 0 Å². The smallest absolute Gasteiger partial charge is 0.329 e. The molecule has 9 heteroatoms. The molecule has 2 fully saturated rings. The van der Waals surface area contributed by atoms with Crippen molar-refractivity contribution in [1.82, 2.24) is 15.0 Å². The van der Waals surface area contributed by atoms with Crippen molar-refractivity contribution in [3.63, 3.8) is 0 Å². The number of anilines is 3. The Labute approximate surface area is 144 Å². The van der Waals surface area contributed by atoms with Crippen molar-refractivity contribution >= 4 is 23.3 Å². The Bertz CT molecular complexity index is 758. The van der Waals surface area contributed by atoms with Gasteiger partial charge in [0.05, 0.1) is 4.92 Å². The molecule has 3 heterocycles. The van der Waals surface area contributed by atoms with Gasteiger partial charge in [-0.1, -0.05) is 6.07 Å². The third-order valence-corrected chi connectivity index (χ3v) is 4.41. The zero-order chi connectivity index (χ0) is 17.2. The highest BCUT2D eigenvalue weighted by Gasteiger charge is 2.28. The summed E-state index contributed by atoms with van der Waals surface area (Å²) in [4.78, 5) is 28.0. The lowest BCUT2D eigenvalue weighted by molar-refractivity contribution is -0.384. The van der Waals surface area contributed by atoms with Crippen LogP contribution >= 0.6 is 0 Å². The molecule has 0 spiro atoms. The van der Waals surface area contributed by atoms with Gasteiger partial charge in [0.15, 0.2) is 0 Å². The van der Waals surface area contributed by atoms with Crippen molar-refractivity contribution in [2.75, 3.05) is 41.3 Å². The van der Waals surface area contributed by atoms with E-state index in [1.54, 1.807) is 6.20 Å². The number of rotatable bonds is 5. The molecule has 4 rings (SSSR count). The highest BCUT2D eigenvalue weighted by molar-refractivity contribution is 5.58. The molecular formula is C16H19N7O2. The Hall–Kier alpha value is -2.97. The van der Waals surface area contributed by atoms with Crippen LogP contribution in [-0.2, 0) is 0 Å². The van der Waals surface area contributed by atoms with Crippen molar-refractivity contribution in [2.45, 2.75) is 18.9 Å². The number of nitrogens with one attached hydrogen (secondary N) is 1. The van der Waals surface area contributed by atoms with Crippen LogP contribution in [0.5, 0.6) is 0 Å². The Kier molecular flexibility index (Phi) is 4.04. The van der Waals surface area contributed by atoms with Crippen LogP contribution in [-0.4, -0.2) is 52.1 Å². The summed E-state index contributed by atoms with van der Waals surface area (Å²) in [5.74, 6) is 1.82. The summed E-state index contributed by atoms with van der Waals surface area (Å²) in [6.07, 6.45) is 5.15. The average molecular weight is 341 g/mol. The van der Waals surface area contributed by atoms with E-state index < -0.39 is 4.92 Å². The van der Waals surface area contributed by atoms with Gasteiger partial charge in [-0.25, -0.2) is 9.97 Å². The molecule has 2 aromatic heterocycles. The van der Waals surface area contributed by atoms with E-state index in [1.807, 2.05) is 18.2 Å². The quantitative estimate of drug-likeness (QED) is 0.647. The molecule has 9 nitrogen and oxygen atoms in total. The largest absolute Gasteiger partial charge is 0.361 e. The van der Waals surface area contributed by atoms with Gasteiger partial charge in [-0.3, -0.25) is 10.1 Å². The maximum atomic E-state index is 11.2. The minimum absolute atomic E-state index is 0.0669. The van der Waals surface area contributed by atoms with Gasteiger partial charge in [0, 0.05) is 38.4 Å². The Morgan fingerprint density at radius 1 is 1.12 bits per heavy atom. The number of hydrogen-bond acceptors (Lipinski definition) is 8. The van der Waals surface area contributed by atoms with Gasteiger partial charge in [-0.05, 0) is 25.0 Å². The van der Waals surface area contributed by atoms with E-state index >= 15 is 0 Å². The van der Waals surface area contributed by atoms with Crippen LogP contribution in [0.1, 0.15) is 12.8 Å². The van der Waals surface area contributed by atoms with Crippen molar-refractivity contribution in [3.05, 3.63) is 40.7 Å². The maximum absolute atomic E-state index is 11.2. The molecule has 130 valence electrons. The summed E-state index contributed by atoms with van der Waals surface area (Å²) in [6, 6.07) is 6.17. The SMILES string of the molecule is O=[N+]([O-])c1cnc(N2CCN(c3ccccn3)CC2)nc1NC1CC1. The number of pyridine rings is 1. The predicted molar refractivity (Wildman–Crippen MR) is 94.0 cm³/mol. The monoisotopic (exact) mass is 341 g/mol. The van der Waals surface area contributed by atoms with Gasteiger partial charge >= 0.3 is 5.69 Å². The van der Waals surface area contributed by atoms with Crippen molar-refractivity contribution in [1.29, 1.82) is 0 Å². The second-order valence-electron chi connectivity index (χ2n) is 6.24. The van der Waals surface area contributed by atoms with Crippen LogP contribution in [0.3, 0.4) is 0 Å². The fourth-order valence-corrected chi connectivity index (χ4v) is 2.86. The molecular weight excluding hydrogens is 322 g/mol. The summed E-state index contributed by atoms with van der Waals surface area (Å²) in [6.45, 7) is 3.11. The zero-order valence-electron chi connectivity index (χ0n) is 13.7. The van der Waals surface area contributed by atoms with Crippen LogP contribution < -0.4 is 15.1 Å². The topological polar surface area (TPSA) is 100 Å². The van der Waals surface area contributed by atoms with E-state index in [0.717, 1.165) is 44.8 Å². The Morgan fingerprint density at radius 2 is 1.88 bits per heavy atom. The second kappa shape index (κ2) is 6.50. The summed E-state index contributed by atoms with van der Waals surface area (Å²) < 4.78 is 0. The van der Waals surface area contributed by atoms with Gasteiger partial charge in [0.25, 0.3) is 0 Å². The molecule has 0 aromatic carbocycles. The van der Waals surface area contributed by atoms with Gasteiger partial charge in [0.1, 0.15) is 12.0 Å². The van der Waals surface area contributed by atoms with Gasteiger partial charge in [0.2, 0.25) is 11.8 Å². The van der Waals surface area contributed by atoms with E-state index in [2.05, 4.69) is 30.1 Å². The molecule has 1 aliphatic carbocycles. The fraction of sp³-hybridized carbons (Fsp3) is 0.438. The summed E-state index contributed by atoms with van der Waals surface area (Å²) >= 11 is 0. The molecule has 1 N–H and O–H groups in total. The molecule has 1 aliphatic heterocycles. The van der Waals surface area contributed by atoms with Crippen LogP contribution in [0.4, 0.5) is 23.3 Å². The average Bonchev–Trinajstić information content (AvgIpc) is 3.46. The zero-order valence-corrected chi connectivity index (χ0v) is 13.7. The molecule has 2 aliphatic rings. The van der Waals surface area contributed by atoms with E-state index in [4.69, 9.17) is 0 Å². The molecule has 1 saturated heterocycles. The highest BCUT2D eigenvalue weighted by atomic mass is 16.6. The molecule has 25 heavy (non-hydrogen) atoms. The van der Waals surface area contributed by atoms with Crippen LogP contribution in [0.15, 0.2) is 30.6 Å². The third-order valence-electron chi connectivity index (χ3n) is 4.41. The standard InChI is InChI=1S/C16H19N7O2/c24-23(25)13-11-18-16(20-15(13)19-12-4-5-12)22-9-7-21(8-10-22)14-3-1-2-6-17-14/h1-3,6,11-12H,4-5,7-10H2,(H,18,19,20). The highest BCUT2D eigenvalue weighted by Crippen LogP contribution is 2.30. The lowest BCUT2D eigenvalue weighted by Gasteiger charge is -2.35. The number of nitro groups is 1. The molecule has 0 bridgehead atoms. The van der Waals surface area contributed by atoms with E-state index in [1.165, 1.54) is 6.20 Å². The Balaban J connectivity index is 1.48. The maximum Gasteiger partial charge on any atom is 0.329 e. The lowest BCUT2D eigenvalue weighted by Crippen LogP contribution is -2.47. The molecule has 0 amide bonds. The lowest BCUT2D eigenvalue weighted by atomic mass is 10.3. The third kappa shape index (κ3) is 3.44. The molecule has 0 radical (unpaired) electrons.